The van der Waals surface area contributed by atoms with E-state index in [1.165, 1.54) is 0 Å². The lowest BCUT2D eigenvalue weighted by Gasteiger charge is -2.04. The lowest BCUT2D eigenvalue weighted by Crippen LogP contribution is -2.13. The average molecular weight is 254 g/mol. The van der Waals surface area contributed by atoms with Crippen molar-refractivity contribution in [2.24, 2.45) is 0 Å². The van der Waals surface area contributed by atoms with Crippen molar-refractivity contribution in [2.75, 3.05) is 5.32 Å². The lowest BCUT2D eigenvalue weighted by molar-refractivity contribution is -0.115. The Hall–Kier alpha value is -2.56. The number of imidazole rings is 1. The van der Waals surface area contributed by atoms with Crippen LogP contribution in [0.5, 0.6) is 0 Å². The summed E-state index contributed by atoms with van der Waals surface area (Å²) in [6.45, 7) is 1.97. The molecule has 0 bridgehead atoms. The summed E-state index contributed by atoms with van der Waals surface area (Å²) in [7, 11) is 0. The Balaban J connectivity index is 1.71. The van der Waals surface area contributed by atoms with Gasteiger partial charge < -0.3 is 15.3 Å². The number of nitrogens with one attached hydrogen (secondary N) is 3. The molecule has 0 atom stereocenters. The van der Waals surface area contributed by atoms with E-state index in [0.717, 1.165) is 28.0 Å². The number of aryl methyl sites for hydroxylation is 1. The molecule has 2 heterocycles. The van der Waals surface area contributed by atoms with Crippen molar-refractivity contribution < 1.29 is 4.79 Å². The molecule has 0 radical (unpaired) electrons. The minimum Gasteiger partial charge on any atom is -0.365 e. The van der Waals surface area contributed by atoms with Gasteiger partial charge in [0.05, 0.1) is 23.8 Å². The fourth-order valence-electron chi connectivity index (χ4n) is 2.07. The van der Waals surface area contributed by atoms with E-state index in [1.807, 2.05) is 37.4 Å². The van der Waals surface area contributed by atoms with E-state index in [9.17, 15) is 4.79 Å². The molecule has 96 valence electrons. The van der Waals surface area contributed by atoms with Crippen LogP contribution in [0.1, 0.15) is 11.3 Å². The molecule has 5 nitrogen and oxygen atoms in total. The maximum atomic E-state index is 11.9. The molecule has 0 spiro atoms. The third kappa shape index (κ3) is 2.49. The Morgan fingerprint density at radius 1 is 1.32 bits per heavy atom. The van der Waals surface area contributed by atoms with Crippen LogP contribution < -0.4 is 5.32 Å². The van der Waals surface area contributed by atoms with Crippen LogP contribution in [-0.2, 0) is 11.2 Å². The molecule has 3 aromatic rings. The number of carbonyl (C=O) groups is 1. The van der Waals surface area contributed by atoms with Crippen LogP contribution in [0.25, 0.3) is 11.0 Å². The van der Waals surface area contributed by atoms with E-state index in [1.54, 1.807) is 6.33 Å². The van der Waals surface area contributed by atoms with Gasteiger partial charge in [0.2, 0.25) is 5.91 Å². The molecular weight excluding hydrogens is 240 g/mol. The van der Waals surface area contributed by atoms with Crippen LogP contribution in [0.2, 0.25) is 0 Å². The third-order valence-corrected chi connectivity index (χ3v) is 2.96. The molecule has 3 N–H and O–H groups in total. The first-order chi connectivity index (χ1) is 9.20. The first-order valence-corrected chi connectivity index (χ1v) is 6.07. The van der Waals surface area contributed by atoms with E-state index >= 15 is 0 Å². The fourth-order valence-corrected chi connectivity index (χ4v) is 2.07. The van der Waals surface area contributed by atoms with Crippen molar-refractivity contribution in [3.63, 3.8) is 0 Å². The molecule has 1 aromatic carbocycles. The quantitative estimate of drug-likeness (QED) is 0.671. The maximum Gasteiger partial charge on any atom is 0.228 e. The third-order valence-electron chi connectivity index (χ3n) is 2.96. The summed E-state index contributed by atoms with van der Waals surface area (Å²) >= 11 is 0. The zero-order chi connectivity index (χ0) is 13.2. The van der Waals surface area contributed by atoms with Gasteiger partial charge in [0, 0.05) is 17.6 Å². The van der Waals surface area contributed by atoms with Gasteiger partial charge in [-0.3, -0.25) is 4.79 Å². The number of hydrogen-bond acceptors (Lipinski definition) is 2. The number of H-pyrrole nitrogens is 2. The van der Waals surface area contributed by atoms with E-state index in [2.05, 4.69) is 20.3 Å². The Bertz CT molecular complexity index is 726. The van der Waals surface area contributed by atoms with Crippen LogP contribution in [0.15, 0.2) is 36.8 Å². The van der Waals surface area contributed by atoms with Crippen LogP contribution in [0.3, 0.4) is 0 Å². The highest BCUT2D eigenvalue weighted by Gasteiger charge is 2.06. The van der Waals surface area contributed by atoms with Gasteiger partial charge in [-0.15, -0.1) is 0 Å². The number of amides is 1. The lowest BCUT2D eigenvalue weighted by atomic mass is 10.2. The highest BCUT2D eigenvalue weighted by atomic mass is 16.1. The minimum atomic E-state index is -0.0298. The monoisotopic (exact) mass is 254 g/mol. The molecule has 5 heteroatoms. The second-order valence-electron chi connectivity index (χ2n) is 4.55. The van der Waals surface area contributed by atoms with Gasteiger partial charge >= 0.3 is 0 Å². The summed E-state index contributed by atoms with van der Waals surface area (Å²) in [5.74, 6) is -0.0298. The van der Waals surface area contributed by atoms with E-state index in [0.29, 0.717) is 6.42 Å². The minimum absolute atomic E-state index is 0.0298. The molecule has 1 amide bonds. The van der Waals surface area contributed by atoms with Gasteiger partial charge in [0.15, 0.2) is 0 Å². The van der Waals surface area contributed by atoms with Crippen molar-refractivity contribution in [3.05, 3.63) is 48.0 Å². The molecule has 0 saturated heterocycles. The van der Waals surface area contributed by atoms with Crippen LogP contribution >= 0.6 is 0 Å². The number of rotatable bonds is 3. The SMILES string of the molecule is Cc1cc(CC(=O)Nc2ccc3nc[nH]c3c2)c[nH]1. The largest absolute Gasteiger partial charge is 0.365 e. The summed E-state index contributed by atoms with van der Waals surface area (Å²) in [6.07, 6.45) is 3.86. The highest BCUT2D eigenvalue weighted by Crippen LogP contribution is 2.16. The first kappa shape index (κ1) is 11.5. The number of carbonyl (C=O) groups excluding carboxylic acids is 1. The highest BCUT2D eigenvalue weighted by molar-refractivity contribution is 5.94. The number of nitrogens with zero attached hydrogens (tertiary/aromatic N) is 1. The Morgan fingerprint density at radius 2 is 2.21 bits per heavy atom. The zero-order valence-corrected chi connectivity index (χ0v) is 10.5. The predicted molar refractivity (Wildman–Crippen MR) is 74.0 cm³/mol. The summed E-state index contributed by atoms with van der Waals surface area (Å²) < 4.78 is 0. The predicted octanol–water partition coefficient (Wildman–Crippen LogP) is 2.38. The van der Waals surface area contributed by atoms with E-state index in [-0.39, 0.29) is 5.91 Å². The Labute approximate surface area is 110 Å². The van der Waals surface area contributed by atoms with E-state index in [4.69, 9.17) is 0 Å². The molecule has 2 aromatic heterocycles. The van der Waals surface area contributed by atoms with Crippen molar-refractivity contribution >= 4 is 22.6 Å². The number of anilines is 1. The summed E-state index contributed by atoms with van der Waals surface area (Å²) in [5, 5.41) is 2.88. The molecule has 0 aliphatic heterocycles. The Kier molecular flexibility index (Phi) is 2.79. The van der Waals surface area contributed by atoms with Crippen LogP contribution in [0.4, 0.5) is 5.69 Å². The summed E-state index contributed by atoms with van der Waals surface area (Å²) in [5.41, 5.74) is 4.61. The van der Waals surface area contributed by atoms with Gasteiger partial charge in [0.1, 0.15) is 0 Å². The number of aromatic nitrogens is 3. The van der Waals surface area contributed by atoms with Crippen molar-refractivity contribution in [2.45, 2.75) is 13.3 Å². The van der Waals surface area contributed by atoms with Gasteiger partial charge in [0.25, 0.3) is 0 Å². The maximum absolute atomic E-state index is 11.9. The fraction of sp³-hybridized carbons (Fsp3) is 0.143. The number of aromatic amines is 2. The second kappa shape index (κ2) is 4.61. The smallest absolute Gasteiger partial charge is 0.228 e. The zero-order valence-electron chi connectivity index (χ0n) is 10.5. The number of benzene rings is 1. The van der Waals surface area contributed by atoms with Gasteiger partial charge in [-0.25, -0.2) is 4.98 Å². The van der Waals surface area contributed by atoms with Crippen LogP contribution in [-0.4, -0.2) is 20.9 Å². The topological polar surface area (TPSA) is 73.6 Å². The van der Waals surface area contributed by atoms with Gasteiger partial charge in [-0.2, -0.15) is 0 Å². The average Bonchev–Trinajstić information content (AvgIpc) is 2.97. The molecule has 0 saturated carbocycles. The second-order valence-corrected chi connectivity index (χ2v) is 4.55. The van der Waals surface area contributed by atoms with Crippen molar-refractivity contribution in [1.82, 2.24) is 15.0 Å². The number of fused-ring (bicyclic) bond motifs is 1. The summed E-state index contributed by atoms with van der Waals surface area (Å²) in [4.78, 5) is 22.1. The van der Waals surface area contributed by atoms with Crippen molar-refractivity contribution in [3.8, 4) is 0 Å². The molecule has 0 fully saturated rings. The number of hydrogen-bond donors (Lipinski definition) is 3. The molecule has 19 heavy (non-hydrogen) atoms. The Morgan fingerprint density at radius 3 is 3.00 bits per heavy atom. The van der Waals surface area contributed by atoms with Gasteiger partial charge in [-0.1, -0.05) is 0 Å². The molecule has 0 unspecified atom stereocenters. The van der Waals surface area contributed by atoms with Crippen LogP contribution in [0, 0.1) is 6.92 Å². The van der Waals surface area contributed by atoms with E-state index < -0.39 is 0 Å². The molecule has 3 rings (SSSR count). The molecule has 0 aliphatic rings. The first-order valence-electron chi connectivity index (χ1n) is 6.07. The molecular formula is C14H14N4O. The molecule has 0 aliphatic carbocycles. The van der Waals surface area contributed by atoms with Gasteiger partial charge in [-0.05, 0) is 36.8 Å². The summed E-state index contributed by atoms with van der Waals surface area (Å²) in [6, 6.07) is 7.58. The van der Waals surface area contributed by atoms with Crippen molar-refractivity contribution in [1.29, 1.82) is 0 Å². The standard InChI is InChI=1S/C14H14N4O/c1-9-4-10(7-15-9)5-14(19)18-11-2-3-12-13(6-11)17-8-16-12/h2-4,6-8,15H,5H2,1H3,(H,16,17)(H,18,19). The normalized spacial score (nSPS) is 10.8.